The number of aliphatic hydroxyl groups excluding tert-OH is 1. The van der Waals surface area contributed by atoms with Crippen molar-refractivity contribution in [3.05, 3.63) is 65.7 Å². The van der Waals surface area contributed by atoms with E-state index in [0.29, 0.717) is 17.9 Å². The average Bonchev–Trinajstić information content (AvgIpc) is 3.25. The quantitative estimate of drug-likeness (QED) is 0.849. The number of nitrogens with zero attached hydrogens (tertiary/aromatic N) is 1. The van der Waals surface area contributed by atoms with Crippen LogP contribution >= 0.6 is 0 Å². The van der Waals surface area contributed by atoms with E-state index in [1.54, 1.807) is 0 Å². The molecule has 4 nitrogen and oxygen atoms in total. The van der Waals surface area contributed by atoms with Crippen LogP contribution in [-0.4, -0.2) is 41.2 Å². The van der Waals surface area contributed by atoms with Gasteiger partial charge in [-0.3, -0.25) is 4.79 Å². The van der Waals surface area contributed by atoms with Gasteiger partial charge in [-0.1, -0.05) is 42.5 Å². The molecule has 0 aliphatic carbocycles. The summed E-state index contributed by atoms with van der Waals surface area (Å²) in [6.07, 6.45) is 3.65. The van der Waals surface area contributed by atoms with Gasteiger partial charge >= 0.3 is 0 Å². The van der Waals surface area contributed by atoms with E-state index in [4.69, 9.17) is 4.74 Å². The number of ether oxygens (including phenoxy) is 1. The highest BCUT2D eigenvalue weighted by atomic mass is 16.5. The summed E-state index contributed by atoms with van der Waals surface area (Å²) in [6, 6.07) is 18.1. The lowest BCUT2D eigenvalue weighted by Gasteiger charge is -2.36. The largest absolute Gasteiger partial charge is 0.493 e. The van der Waals surface area contributed by atoms with Crippen LogP contribution in [0, 0.1) is 5.41 Å². The van der Waals surface area contributed by atoms with Gasteiger partial charge in [-0.15, -0.1) is 0 Å². The van der Waals surface area contributed by atoms with E-state index in [1.807, 2.05) is 54.3 Å². The molecule has 4 rings (SSSR count). The lowest BCUT2D eigenvalue weighted by molar-refractivity contribution is 0.0568. The maximum absolute atomic E-state index is 13.4. The lowest BCUT2D eigenvalue weighted by Crippen LogP contribution is -2.44. The van der Waals surface area contributed by atoms with Crippen LogP contribution in [-0.2, 0) is 6.42 Å². The third-order valence-corrected chi connectivity index (χ3v) is 6.22. The molecule has 0 spiro atoms. The molecule has 3 atom stereocenters. The summed E-state index contributed by atoms with van der Waals surface area (Å²) >= 11 is 0. The van der Waals surface area contributed by atoms with Crippen LogP contribution in [0.15, 0.2) is 54.6 Å². The standard InChI is InChI=1S/C23H27NO3/c1-2-27-20-11-7-6-10-19(20)22(26)24-18-12-13-21(24)23(15-18,16-25)14-17-8-4-3-5-9-17/h3-11,18,21,25H,2,12-16H2,1H3/t18-,21+,23-/m0/s1. The average molecular weight is 365 g/mol. The van der Waals surface area contributed by atoms with Gasteiger partial charge in [0.05, 0.1) is 18.8 Å². The van der Waals surface area contributed by atoms with Gasteiger partial charge in [0.1, 0.15) is 5.75 Å². The second kappa shape index (κ2) is 7.35. The number of benzene rings is 2. The SMILES string of the molecule is CCOc1ccccc1C(=O)N1[C@H]2CC[C@@H]1[C@@](CO)(Cc1ccccc1)C2. The Morgan fingerprint density at radius 2 is 1.89 bits per heavy atom. The zero-order chi connectivity index (χ0) is 18.9. The first kappa shape index (κ1) is 18.1. The molecule has 142 valence electrons. The van der Waals surface area contributed by atoms with E-state index in [-0.39, 0.29) is 30.0 Å². The van der Waals surface area contributed by atoms with E-state index in [2.05, 4.69) is 12.1 Å². The number of carbonyl (C=O) groups is 1. The Morgan fingerprint density at radius 3 is 2.63 bits per heavy atom. The molecule has 0 radical (unpaired) electrons. The predicted octanol–water partition coefficient (Wildman–Crippen LogP) is 3.68. The Bertz CT molecular complexity index is 806. The minimum atomic E-state index is -0.250. The monoisotopic (exact) mass is 365 g/mol. The van der Waals surface area contributed by atoms with Gasteiger partial charge < -0.3 is 14.7 Å². The van der Waals surface area contributed by atoms with Crippen molar-refractivity contribution in [1.82, 2.24) is 4.90 Å². The minimum absolute atomic E-state index is 0.0370. The van der Waals surface area contributed by atoms with Crippen LogP contribution < -0.4 is 4.74 Å². The van der Waals surface area contributed by atoms with Crippen LogP contribution in [0.3, 0.4) is 0 Å². The van der Waals surface area contributed by atoms with Crippen molar-refractivity contribution in [1.29, 1.82) is 0 Å². The Kier molecular flexibility index (Phi) is 4.92. The van der Waals surface area contributed by atoms with Gasteiger partial charge in [0.2, 0.25) is 0 Å². The Hall–Kier alpha value is -2.33. The summed E-state index contributed by atoms with van der Waals surface area (Å²) in [5.41, 5.74) is 1.60. The van der Waals surface area contributed by atoms with E-state index < -0.39 is 0 Å². The highest BCUT2D eigenvalue weighted by molar-refractivity contribution is 5.97. The van der Waals surface area contributed by atoms with Crippen molar-refractivity contribution in [2.75, 3.05) is 13.2 Å². The van der Waals surface area contributed by atoms with Gasteiger partial charge in [-0.2, -0.15) is 0 Å². The first-order valence-electron chi connectivity index (χ1n) is 9.88. The fraction of sp³-hybridized carbons (Fsp3) is 0.435. The fourth-order valence-corrected chi connectivity index (χ4v) is 5.08. The van der Waals surface area contributed by atoms with Crippen LogP contribution in [0.2, 0.25) is 0 Å². The normalized spacial score (nSPS) is 26.4. The number of hydrogen-bond donors (Lipinski definition) is 1. The molecule has 0 unspecified atom stereocenters. The highest BCUT2D eigenvalue weighted by Gasteiger charge is 2.57. The van der Waals surface area contributed by atoms with Crippen molar-refractivity contribution < 1.29 is 14.6 Å². The summed E-state index contributed by atoms with van der Waals surface area (Å²) in [7, 11) is 0. The molecular weight excluding hydrogens is 338 g/mol. The Morgan fingerprint density at radius 1 is 1.15 bits per heavy atom. The summed E-state index contributed by atoms with van der Waals surface area (Å²) in [5, 5.41) is 10.3. The maximum atomic E-state index is 13.4. The zero-order valence-corrected chi connectivity index (χ0v) is 15.8. The molecule has 1 N–H and O–H groups in total. The van der Waals surface area contributed by atoms with Gasteiger partial charge in [-0.25, -0.2) is 0 Å². The van der Waals surface area contributed by atoms with Gasteiger partial charge in [0.15, 0.2) is 0 Å². The second-order valence-corrected chi connectivity index (χ2v) is 7.78. The van der Waals surface area contributed by atoms with Crippen LogP contribution in [0.1, 0.15) is 42.1 Å². The first-order valence-corrected chi connectivity index (χ1v) is 9.88. The molecule has 27 heavy (non-hydrogen) atoms. The Balaban J connectivity index is 1.63. The van der Waals surface area contributed by atoms with Crippen LogP contribution in [0.4, 0.5) is 0 Å². The highest BCUT2D eigenvalue weighted by Crippen LogP contribution is 2.52. The van der Waals surface area contributed by atoms with Crippen molar-refractivity contribution in [3.63, 3.8) is 0 Å². The third kappa shape index (κ3) is 3.12. The molecule has 2 aromatic rings. The summed E-state index contributed by atoms with van der Waals surface area (Å²) in [6.45, 7) is 2.57. The van der Waals surface area contributed by atoms with E-state index >= 15 is 0 Å². The molecule has 2 aliphatic rings. The van der Waals surface area contributed by atoms with Crippen molar-refractivity contribution in [2.45, 2.75) is 44.7 Å². The number of para-hydroxylation sites is 1. The molecule has 0 aromatic heterocycles. The van der Waals surface area contributed by atoms with E-state index in [1.165, 1.54) is 5.56 Å². The van der Waals surface area contributed by atoms with E-state index in [0.717, 1.165) is 25.7 Å². The number of amides is 1. The maximum Gasteiger partial charge on any atom is 0.258 e. The van der Waals surface area contributed by atoms with Crippen molar-refractivity contribution in [3.8, 4) is 5.75 Å². The molecule has 2 heterocycles. The number of fused-ring (bicyclic) bond motifs is 2. The fourth-order valence-electron chi connectivity index (χ4n) is 5.08. The van der Waals surface area contributed by atoms with Crippen LogP contribution in [0.5, 0.6) is 5.75 Å². The van der Waals surface area contributed by atoms with Gasteiger partial charge in [-0.05, 0) is 50.3 Å². The number of aliphatic hydroxyl groups is 1. The lowest BCUT2D eigenvalue weighted by atomic mass is 9.70. The molecule has 4 heteroatoms. The smallest absolute Gasteiger partial charge is 0.258 e. The topological polar surface area (TPSA) is 49.8 Å². The summed E-state index contributed by atoms with van der Waals surface area (Å²) in [5.74, 6) is 0.684. The molecular formula is C23H27NO3. The molecule has 2 saturated heterocycles. The summed E-state index contributed by atoms with van der Waals surface area (Å²) in [4.78, 5) is 15.5. The summed E-state index contributed by atoms with van der Waals surface area (Å²) < 4.78 is 5.69. The third-order valence-electron chi connectivity index (χ3n) is 6.22. The van der Waals surface area contributed by atoms with Gasteiger partial charge in [0.25, 0.3) is 5.91 Å². The Labute approximate surface area is 160 Å². The molecule has 2 bridgehead atoms. The van der Waals surface area contributed by atoms with Crippen LogP contribution in [0.25, 0.3) is 0 Å². The number of rotatable bonds is 6. The zero-order valence-electron chi connectivity index (χ0n) is 15.8. The number of hydrogen-bond acceptors (Lipinski definition) is 3. The second-order valence-electron chi connectivity index (χ2n) is 7.78. The first-order chi connectivity index (χ1) is 13.2. The molecule has 2 fully saturated rings. The predicted molar refractivity (Wildman–Crippen MR) is 105 cm³/mol. The van der Waals surface area contributed by atoms with E-state index in [9.17, 15) is 9.90 Å². The molecule has 0 saturated carbocycles. The van der Waals surface area contributed by atoms with Crippen molar-refractivity contribution >= 4 is 5.91 Å². The molecule has 2 aromatic carbocycles. The minimum Gasteiger partial charge on any atom is -0.493 e. The van der Waals surface area contributed by atoms with Crippen molar-refractivity contribution in [2.24, 2.45) is 5.41 Å². The number of carbonyl (C=O) groups excluding carboxylic acids is 1. The molecule has 2 aliphatic heterocycles. The molecule has 1 amide bonds. The van der Waals surface area contributed by atoms with Gasteiger partial charge in [0, 0.05) is 17.5 Å².